The van der Waals surface area contributed by atoms with Gasteiger partial charge >= 0.3 is 0 Å². The van der Waals surface area contributed by atoms with Gasteiger partial charge in [0.25, 0.3) is 0 Å². The monoisotopic (exact) mass is 836 g/mol. The van der Waals surface area contributed by atoms with Crippen LogP contribution in [0, 0.1) is 18.1 Å². The number of nitrogens with zero attached hydrogens (tertiary/aromatic N) is 3. The van der Waals surface area contributed by atoms with Crippen molar-refractivity contribution in [3.05, 3.63) is 151 Å². The van der Waals surface area contributed by atoms with Gasteiger partial charge in [-0.1, -0.05) is 85.7 Å². The van der Waals surface area contributed by atoms with Crippen molar-refractivity contribution in [3.63, 3.8) is 0 Å². The van der Waals surface area contributed by atoms with E-state index in [1.54, 1.807) is 6.20 Å². The predicted molar refractivity (Wildman–Crippen MR) is 205 cm³/mol. The van der Waals surface area contributed by atoms with Crippen LogP contribution in [0.2, 0.25) is 0 Å². The van der Waals surface area contributed by atoms with E-state index >= 15 is 0 Å². The number of aromatic nitrogens is 3. The third-order valence-corrected chi connectivity index (χ3v) is 10.5. The van der Waals surface area contributed by atoms with E-state index in [2.05, 4.69) is 93.2 Å². The summed E-state index contributed by atoms with van der Waals surface area (Å²) in [5, 5.41) is 7.49. The predicted octanol–water partition coefficient (Wildman–Crippen LogP) is 11.9. The molecule has 0 aliphatic heterocycles. The van der Waals surface area contributed by atoms with Gasteiger partial charge in [-0.2, -0.15) is 0 Å². The molecule has 1 aliphatic carbocycles. The van der Waals surface area contributed by atoms with E-state index < -0.39 is 0 Å². The van der Waals surface area contributed by atoms with E-state index in [0.29, 0.717) is 0 Å². The Kier molecular flexibility index (Phi) is 8.11. The standard InChI is InChI=1S/C35H25N2O.C11H8N.Ir/c1-2-9-21(8-1)18-23-10-7-14-31-32(23)27-20-26-25-19-22(28-12-5-6-17-36-28)15-16-30(25)37-29-13-4-3-11-24(29)33(34(26)37)35(27)38-31;1-2-6-10(7-3-1)11-8-4-5-9-12-11;/h3-7,10-14,16-17,19-21H,1-2,8-9,18H2;1-6,8-9H;/q2*-1;. The molecule has 249 valence electrons. The summed E-state index contributed by atoms with van der Waals surface area (Å²) in [6, 6.07) is 48.6. The fraction of sp³-hybridized carbons (Fsp3) is 0.130. The van der Waals surface area contributed by atoms with Crippen molar-refractivity contribution < 1.29 is 24.5 Å². The SMILES string of the molecule is [Ir].[c-]1cc2c(cc1-c1ccccn1)c1cc3c(oc4cccc(CC5CCCC5)c43)c3c4ccccc4n2c13.[c-]1ccccc1-c1ccccn1. The number of benzene rings is 5. The summed E-state index contributed by atoms with van der Waals surface area (Å²) in [5.74, 6) is 0.781. The maximum absolute atomic E-state index is 6.74. The molecule has 0 saturated heterocycles. The number of hydrogen-bond donors (Lipinski definition) is 0. The molecule has 1 saturated carbocycles. The normalized spacial score (nSPS) is 13.4. The Morgan fingerprint density at radius 3 is 2.18 bits per heavy atom. The van der Waals surface area contributed by atoms with Crippen molar-refractivity contribution in [1.29, 1.82) is 0 Å². The third kappa shape index (κ3) is 5.31. The van der Waals surface area contributed by atoms with Gasteiger partial charge in [0.1, 0.15) is 11.2 Å². The largest absolute Gasteiger partial charge is 0.455 e. The van der Waals surface area contributed by atoms with Gasteiger partial charge in [-0.25, -0.2) is 0 Å². The zero-order valence-corrected chi connectivity index (χ0v) is 30.3. The molecule has 4 nitrogen and oxygen atoms in total. The molecule has 11 rings (SSSR count). The molecule has 10 aromatic rings. The molecule has 5 heterocycles. The summed E-state index contributed by atoms with van der Waals surface area (Å²) in [6.45, 7) is 0. The molecule has 0 amide bonds. The second-order valence-electron chi connectivity index (χ2n) is 13.5. The first-order valence-electron chi connectivity index (χ1n) is 17.6. The Morgan fingerprint density at radius 1 is 0.647 bits per heavy atom. The van der Waals surface area contributed by atoms with Crippen molar-refractivity contribution in [2.24, 2.45) is 5.92 Å². The van der Waals surface area contributed by atoms with Crippen molar-refractivity contribution in [2.75, 3.05) is 0 Å². The fourth-order valence-electron chi connectivity index (χ4n) is 8.29. The molecule has 5 aromatic heterocycles. The summed E-state index contributed by atoms with van der Waals surface area (Å²) in [6.07, 6.45) is 10.2. The number of hydrogen-bond acceptors (Lipinski definition) is 3. The fourth-order valence-corrected chi connectivity index (χ4v) is 8.29. The molecule has 1 fully saturated rings. The van der Waals surface area contributed by atoms with Gasteiger partial charge in [0, 0.05) is 54.2 Å². The van der Waals surface area contributed by atoms with Crippen LogP contribution in [0.25, 0.3) is 82.5 Å². The maximum Gasteiger partial charge on any atom is 0.145 e. The summed E-state index contributed by atoms with van der Waals surface area (Å²) < 4.78 is 9.14. The first kappa shape index (κ1) is 31.6. The van der Waals surface area contributed by atoms with Crippen LogP contribution >= 0.6 is 0 Å². The van der Waals surface area contributed by atoms with Crippen LogP contribution in [0.3, 0.4) is 0 Å². The summed E-state index contributed by atoms with van der Waals surface area (Å²) in [5.41, 5.74) is 11.0. The van der Waals surface area contributed by atoms with Crippen LogP contribution in [-0.4, -0.2) is 14.4 Å². The number of furan rings is 1. The van der Waals surface area contributed by atoms with Gasteiger partial charge in [-0.3, -0.25) is 0 Å². The van der Waals surface area contributed by atoms with E-state index in [4.69, 9.17) is 4.42 Å². The molecule has 0 atom stereocenters. The molecule has 0 spiro atoms. The Morgan fingerprint density at radius 2 is 1.41 bits per heavy atom. The Labute approximate surface area is 309 Å². The van der Waals surface area contributed by atoms with Gasteiger partial charge in [-0.05, 0) is 70.5 Å². The molecule has 1 radical (unpaired) electrons. The van der Waals surface area contributed by atoms with Crippen LogP contribution in [-0.2, 0) is 26.5 Å². The Balaban J connectivity index is 0.000000228. The van der Waals surface area contributed by atoms with Crippen LogP contribution in [0.4, 0.5) is 0 Å². The molecule has 51 heavy (non-hydrogen) atoms. The Hall–Kier alpha value is -5.35. The second kappa shape index (κ2) is 13.1. The van der Waals surface area contributed by atoms with Crippen molar-refractivity contribution in [2.45, 2.75) is 32.1 Å². The second-order valence-corrected chi connectivity index (χ2v) is 13.5. The molecular weight excluding hydrogens is 803 g/mol. The molecule has 0 N–H and O–H groups in total. The summed E-state index contributed by atoms with van der Waals surface area (Å²) >= 11 is 0. The zero-order valence-electron chi connectivity index (χ0n) is 27.9. The minimum absolute atomic E-state index is 0. The van der Waals surface area contributed by atoms with Crippen molar-refractivity contribution >= 4 is 60.0 Å². The van der Waals surface area contributed by atoms with E-state index in [1.807, 2.05) is 60.8 Å². The molecule has 5 aromatic carbocycles. The molecular formula is C46H33IrN3O-2. The molecule has 5 heteroatoms. The smallest absolute Gasteiger partial charge is 0.145 e. The van der Waals surface area contributed by atoms with Gasteiger partial charge < -0.3 is 18.8 Å². The number of pyridine rings is 2. The van der Waals surface area contributed by atoms with Crippen LogP contribution < -0.4 is 0 Å². The van der Waals surface area contributed by atoms with Crippen LogP contribution in [0.15, 0.2) is 138 Å². The van der Waals surface area contributed by atoms with Crippen molar-refractivity contribution in [1.82, 2.24) is 14.4 Å². The molecule has 0 unspecified atom stereocenters. The zero-order chi connectivity index (χ0) is 33.0. The van der Waals surface area contributed by atoms with Gasteiger partial charge in [-0.15, -0.1) is 59.7 Å². The van der Waals surface area contributed by atoms with Gasteiger partial charge in [0.2, 0.25) is 0 Å². The first-order valence-corrected chi connectivity index (χ1v) is 17.6. The van der Waals surface area contributed by atoms with E-state index in [9.17, 15) is 0 Å². The number of fused-ring (bicyclic) bond motifs is 10. The average Bonchev–Trinajstić information content (AvgIpc) is 3.97. The number of rotatable bonds is 4. The van der Waals surface area contributed by atoms with Gasteiger partial charge in [0.05, 0.1) is 10.9 Å². The molecule has 0 bridgehead atoms. The van der Waals surface area contributed by atoms with E-state index in [0.717, 1.165) is 46.0 Å². The average molecular weight is 836 g/mol. The minimum atomic E-state index is 0. The quantitative estimate of drug-likeness (QED) is 0.166. The van der Waals surface area contributed by atoms with Gasteiger partial charge in [0.15, 0.2) is 0 Å². The first-order chi connectivity index (χ1) is 24.8. The number of para-hydroxylation sites is 1. The van der Waals surface area contributed by atoms with E-state index in [1.165, 1.54) is 80.1 Å². The maximum atomic E-state index is 6.74. The Bertz CT molecular complexity index is 2750. The topological polar surface area (TPSA) is 43.3 Å². The van der Waals surface area contributed by atoms with E-state index in [-0.39, 0.29) is 20.1 Å². The third-order valence-electron chi connectivity index (χ3n) is 10.5. The van der Waals surface area contributed by atoms with Crippen LogP contribution in [0.1, 0.15) is 31.2 Å². The minimum Gasteiger partial charge on any atom is -0.455 e. The summed E-state index contributed by atoms with van der Waals surface area (Å²) in [4.78, 5) is 8.82. The molecule has 1 aliphatic rings. The van der Waals surface area contributed by atoms with Crippen LogP contribution in [0.5, 0.6) is 0 Å². The summed E-state index contributed by atoms with van der Waals surface area (Å²) in [7, 11) is 0. The van der Waals surface area contributed by atoms with Crippen molar-refractivity contribution in [3.8, 4) is 22.5 Å².